The van der Waals surface area contributed by atoms with E-state index >= 15 is 0 Å². The predicted octanol–water partition coefficient (Wildman–Crippen LogP) is 5.24. The maximum atomic E-state index is 5.79. The smallest absolute Gasteiger partial charge is 0.183 e. The Morgan fingerprint density at radius 2 is 2.18 bits per heavy atom. The quantitative estimate of drug-likeness (QED) is 0.767. The van der Waals surface area contributed by atoms with Gasteiger partial charge in [-0.1, -0.05) is 27.5 Å². The molecular weight excluding hydrogens is 387 g/mol. The van der Waals surface area contributed by atoms with Gasteiger partial charge in [0.05, 0.1) is 12.2 Å². The second-order valence-electron chi connectivity index (χ2n) is 3.51. The number of benzene rings is 1. The molecular formula is C11H9Br2ClN2S. The molecule has 0 fully saturated rings. The minimum atomic E-state index is 0.577. The van der Waals surface area contributed by atoms with E-state index in [1.165, 1.54) is 16.9 Å². The topological polar surface area (TPSA) is 24.9 Å². The fourth-order valence-electron chi connectivity index (χ4n) is 1.47. The van der Waals surface area contributed by atoms with Crippen LogP contribution in [0.15, 0.2) is 27.3 Å². The second kappa shape index (κ2) is 5.69. The first-order valence-corrected chi connectivity index (χ1v) is 7.64. The van der Waals surface area contributed by atoms with Crippen LogP contribution in [-0.4, -0.2) is 4.98 Å². The van der Waals surface area contributed by atoms with E-state index in [4.69, 9.17) is 11.6 Å². The lowest BCUT2D eigenvalue weighted by molar-refractivity contribution is 1.16. The molecule has 6 heteroatoms. The molecule has 90 valence electrons. The number of hydrogen-bond donors (Lipinski definition) is 1. The van der Waals surface area contributed by atoms with Crippen LogP contribution in [0.25, 0.3) is 0 Å². The second-order valence-corrected chi connectivity index (χ2v) is 6.98. The lowest BCUT2D eigenvalue weighted by Gasteiger charge is -2.11. The van der Waals surface area contributed by atoms with Crippen molar-refractivity contribution < 1.29 is 0 Å². The zero-order valence-corrected chi connectivity index (χ0v) is 13.7. The van der Waals surface area contributed by atoms with Crippen molar-refractivity contribution in [1.82, 2.24) is 4.98 Å². The molecule has 1 heterocycles. The molecule has 2 nitrogen and oxygen atoms in total. The van der Waals surface area contributed by atoms with Crippen molar-refractivity contribution in [2.75, 3.05) is 5.32 Å². The number of rotatable bonds is 3. The summed E-state index contributed by atoms with van der Waals surface area (Å²) in [4.78, 5) is 5.13. The number of halogens is 3. The third-order valence-corrected chi connectivity index (χ3v) is 4.42. The van der Waals surface area contributed by atoms with E-state index in [9.17, 15) is 0 Å². The van der Waals surface area contributed by atoms with Crippen LogP contribution >= 0.6 is 54.8 Å². The largest absolute Gasteiger partial charge is 0.379 e. The van der Waals surface area contributed by atoms with Crippen LogP contribution in [0.2, 0.25) is 4.47 Å². The lowest BCUT2D eigenvalue weighted by atomic mass is 10.2. The standard InChI is InChI=1S/C11H9Br2ClN2S/c1-6-2-7(12)3-9(13)10(6)15-4-8-5-16-11(14)17-8/h2-3,5,15H,4H2,1H3. The number of hydrogen-bond acceptors (Lipinski definition) is 3. The molecule has 0 unspecified atom stereocenters. The molecule has 0 atom stereocenters. The Hall–Kier alpha value is -0.100. The van der Waals surface area contributed by atoms with Gasteiger partial charge in [0.2, 0.25) is 0 Å². The van der Waals surface area contributed by atoms with E-state index in [-0.39, 0.29) is 0 Å². The Balaban J connectivity index is 2.14. The third kappa shape index (κ3) is 3.44. The first kappa shape index (κ1) is 13.3. The number of thiazole rings is 1. The van der Waals surface area contributed by atoms with Gasteiger partial charge in [-0.2, -0.15) is 0 Å². The van der Waals surface area contributed by atoms with E-state index < -0.39 is 0 Å². The van der Waals surface area contributed by atoms with Gasteiger partial charge in [-0.3, -0.25) is 0 Å². The molecule has 2 rings (SSSR count). The van der Waals surface area contributed by atoms with E-state index in [0.717, 1.165) is 26.1 Å². The van der Waals surface area contributed by atoms with Crippen molar-refractivity contribution >= 4 is 60.5 Å². The Kier molecular flexibility index (Phi) is 4.47. The van der Waals surface area contributed by atoms with Crippen molar-refractivity contribution in [2.45, 2.75) is 13.5 Å². The average molecular weight is 397 g/mol. The van der Waals surface area contributed by atoms with Gasteiger partial charge in [-0.25, -0.2) is 4.98 Å². The van der Waals surface area contributed by atoms with Crippen LogP contribution in [-0.2, 0) is 6.54 Å². The van der Waals surface area contributed by atoms with E-state index in [1.54, 1.807) is 6.20 Å². The van der Waals surface area contributed by atoms with Crippen LogP contribution < -0.4 is 5.32 Å². The summed E-state index contributed by atoms with van der Waals surface area (Å²) in [6.07, 6.45) is 1.79. The van der Waals surface area contributed by atoms with Crippen LogP contribution in [0, 0.1) is 6.92 Å². The molecule has 0 saturated carbocycles. The van der Waals surface area contributed by atoms with Crippen LogP contribution in [0.5, 0.6) is 0 Å². The summed E-state index contributed by atoms with van der Waals surface area (Å²) >= 11 is 14.3. The summed E-state index contributed by atoms with van der Waals surface area (Å²) in [5.41, 5.74) is 2.28. The highest BCUT2D eigenvalue weighted by Crippen LogP contribution is 2.31. The number of aryl methyl sites for hydroxylation is 1. The molecule has 2 aromatic rings. The minimum absolute atomic E-state index is 0.577. The van der Waals surface area contributed by atoms with Gasteiger partial charge < -0.3 is 5.32 Å². The van der Waals surface area contributed by atoms with Gasteiger partial charge in [-0.05, 0) is 40.5 Å². The van der Waals surface area contributed by atoms with E-state index in [2.05, 4.69) is 55.2 Å². The first-order valence-electron chi connectivity index (χ1n) is 4.86. The number of aromatic nitrogens is 1. The van der Waals surface area contributed by atoms with Crippen molar-refractivity contribution in [1.29, 1.82) is 0 Å². The van der Waals surface area contributed by atoms with Crippen LogP contribution in [0.4, 0.5) is 5.69 Å². The predicted molar refractivity (Wildman–Crippen MR) is 81.0 cm³/mol. The molecule has 1 aromatic carbocycles. The van der Waals surface area contributed by atoms with Crippen molar-refractivity contribution in [3.05, 3.63) is 42.2 Å². The SMILES string of the molecule is Cc1cc(Br)cc(Br)c1NCc1cnc(Cl)s1. The average Bonchev–Trinajstić information content (AvgIpc) is 2.62. The van der Waals surface area contributed by atoms with Gasteiger partial charge in [0.25, 0.3) is 0 Å². The summed E-state index contributed by atoms with van der Waals surface area (Å²) < 4.78 is 2.68. The molecule has 17 heavy (non-hydrogen) atoms. The summed E-state index contributed by atoms with van der Waals surface area (Å²) in [6, 6.07) is 4.10. The Labute approximate surface area is 126 Å². The van der Waals surface area contributed by atoms with Crippen LogP contribution in [0.3, 0.4) is 0 Å². The van der Waals surface area contributed by atoms with E-state index in [1.807, 2.05) is 6.07 Å². The summed E-state index contributed by atoms with van der Waals surface area (Å²) in [6.45, 7) is 2.79. The fraction of sp³-hybridized carbons (Fsp3) is 0.182. The van der Waals surface area contributed by atoms with Crippen molar-refractivity contribution in [3.63, 3.8) is 0 Å². The zero-order valence-electron chi connectivity index (χ0n) is 8.93. The molecule has 0 bridgehead atoms. The van der Waals surface area contributed by atoms with Gasteiger partial charge in [0.15, 0.2) is 4.47 Å². The monoisotopic (exact) mass is 394 g/mol. The van der Waals surface area contributed by atoms with Gasteiger partial charge >= 0.3 is 0 Å². The fourth-order valence-corrected chi connectivity index (χ4v) is 3.96. The zero-order chi connectivity index (χ0) is 12.4. The Bertz CT molecular complexity index is 519. The maximum Gasteiger partial charge on any atom is 0.183 e. The van der Waals surface area contributed by atoms with Gasteiger partial charge in [0, 0.05) is 20.0 Å². The summed E-state index contributed by atoms with van der Waals surface area (Å²) in [5, 5.41) is 3.38. The number of nitrogens with zero attached hydrogens (tertiary/aromatic N) is 1. The molecule has 0 aliphatic carbocycles. The van der Waals surface area contributed by atoms with Gasteiger partial charge in [0.1, 0.15) is 0 Å². The Morgan fingerprint density at radius 1 is 1.41 bits per heavy atom. The third-order valence-electron chi connectivity index (χ3n) is 2.22. The van der Waals surface area contributed by atoms with E-state index in [0.29, 0.717) is 4.47 Å². The number of nitrogens with one attached hydrogen (secondary N) is 1. The highest BCUT2D eigenvalue weighted by molar-refractivity contribution is 9.11. The Morgan fingerprint density at radius 3 is 2.76 bits per heavy atom. The molecule has 0 spiro atoms. The molecule has 0 saturated heterocycles. The highest BCUT2D eigenvalue weighted by Gasteiger charge is 2.06. The summed E-state index contributed by atoms with van der Waals surface area (Å²) in [7, 11) is 0. The van der Waals surface area contributed by atoms with Gasteiger partial charge in [-0.15, -0.1) is 11.3 Å². The van der Waals surface area contributed by atoms with Crippen molar-refractivity contribution in [2.24, 2.45) is 0 Å². The number of anilines is 1. The maximum absolute atomic E-state index is 5.79. The first-order chi connectivity index (χ1) is 8.06. The lowest BCUT2D eigenvalue weighted by Crippen LogP contribution is -2.00. The highest BCUT2D eigenvalue weighted by atomic mass is 79.9. The summed E-state index contributed by atoms with van der Waals surface area (Å²) in [5.74, 6) is 0. The molecule has 0 aliphatic rings. The molecule has 1 N–H and O–H groups in total. The van der Waals surface area contributed by atoms with Crippen molar-refractivity contribution in [3.8, 4) is 0 Å². The van der Waals surface area contributed by atoms with Crippen LogP contribution in [0.1, 0.15) is 10.4 Å². The normalized spacial score (nSPS) is 10.6. The molecule has 1 aromatic heterocycles. The minimum Gasteiger partial charge on any atom is -0.379 e. The molecule has 0 aliphatic heterocycles. The molecule has 0 amide bonds. The molecule has 0 radical (unpaired) electrons.